The summed E-state index contributed by atoms with van der Waals surface area (Å²) in [5.74, 6) is -0.960. The van der Waals surface area contributed by atoms with E-state index in [2.05, 4.69) is 0 Å². The number of rotatable bonds is 4. The molecule has 0 radical (unpaired) electrons. The summed E-state index contributed by atoms with van der Waals surface area (Å²) in [6, 6.07) is 14.4. The first-order valence-corrected chi connectivity index (χ1v) is 7.42. The van der Waals surface area contributed by atoms with Crippen molar-refractivity contribution >= 4 is 22.2 Å². The Morgan fingerprint density at radius 2 is 1.62 bits per heavy atom. The van der Waals surface area contributed by atoms with Crippen LogP contribution in [0, 0.1) is 0 Å². The molecule has 0 bridgehead atoms. The molecule has 2 aromatic rings. The maximum atomic E-state index is 11.7. The first-order chi connectivity index (χ1) is 9.97. The summed E-state index contributed by atoms with van der Waals surface area (Å²) in [7, 11) is -4.45. The van der Waals surface area contributed by atoms with Gasteiger partial charge in [0.05, 0.1) is 0 Å². The monoisotopic (exact) mass is 304 g/mol. The zero-order valence-electron chi connectivity index (χ0n) is 10.8. The summed E-state index contributed by atoms with van der Waals surface area (Å²) >= 11 is 0. The van der Waals surface area contributed by atoms with Gasteiger partial charge in [-0.2, -0.15) is 8.42 Å². The quantitative estimate of drug-likeness (QED) is 0.406. The Morgan fingerprint density at radius 1 is 1.00 bits per heavy atom. The third kappa shape index (κ3) is 4.27. The molecule has 0 fully saturated rings. The minimum absolute atomic E-state index is 0.220. The molecule has 0 aliphatic carbocycles. The highest BCUT2D eigenvalue weighted by molar-refractivity contribution is 7.86. The fourth-order valence-corrected chi connectivity index (χ4v) is 2.23. The number of ether oxygens (including phenoxy) is 1. The van der Waals surface area contributed by atoms with Crippen LogP contribution in [0.15, 0.2) is 65.6 Å². The molecule has 6 heteroatoms. The van der Waals surface area contributed by atoms with E-state index in [1.807, 2.05) is 18.2 Å². The van der Waals surface area contributed by atoms with Crippen LogP contribution in [0.4, 0.5) is 0 Å². The van der Waals surface area contributed by atoms with E-state index in [9.17, 15) is 13.2 Å². The lowest BCUT2D eigenvalue weighted by atomic mass is 10.2. The van der Waals surface area contributed by atoms with Crippen molar-refractivity contribution in [3.63, 3.8) is 0 Å². The van der Waals surface area contributed by atoms with Crippen molar-refractivity contribution < 1.29 is 22.5 Å². The number of carbonyl (C=O) groups is 1. The van der Waals surface area contributed by atoms with Crippen molar-refractivity contribution in [2.75, 3.05) is 0 Å². The molecule has 0 aliphatic heterocycles. The van der Waals surface area contributed by atoms with Crippen molar-refractivity contribution in [1.82, 2.24) is 0 Å². The van der Waals surface area contributed by atoms with E-state index in [0.717, 1.165) is 11.6 Å². The molecule has 0 saturated heterocycles. The van der Waals surface area contributed by atoms with Gasteiger partial charge in [0.15, 0.2) is 5.75 Å². The fourth-order valence-electron chi connectivity index (χ4n) is 1.62. The first kappa shape index (κ1) is 15.0. The van der Waals surface area contributed by atoms with Gasteiger partial charge in [-0.3, -0.25) is 4.55 Å². The molecule has 1 N–H and O–H groups in total. The van der Waals surface area contributed by atoms with Gasteiger partial charge in [0, 0.05) is 6.08 Å². The Labute approximate surface area is 122 Å². The number of carbonyl (C=O) groups excluding carboxylic acids is 1. The minimum atomic E-state index is -4.45. The summed E-state index contributed by atoms with van der Waals surface area (Å²) in [4.78, 5) is 11.2. The maximum Gasteiger partial charge on any atom is 0.336 e. The highest BCUT2D eigenvalue weighted by Crippen LogP contribution is 2.23. The van der Waals surface area contributed by atoms with Gasteiger partial charge in [-0.05, 0) is 23.8 Å². The molecule has 0 heterocycles. The minimum Gasteiger partial charge on any atom is -0.422 e. The van der Waals surface area contributed by atoms with Gasteiger partial charge in [-0.15, -0.1) is 0 Å². The lowest BCUT2D eigenvalue weighted by molar-refractivity contribution is -0.129. The Hall–Kier alpha value is -2.44. The zero-order valence-corrected chi connectivity index (χ0v) is 11.7. The largest absolute Gasteiger partial charge is 0.422 e. The van der Waals surface area contributed by atoms with Crippen LogP contribution in [0.25, 0.3) is 6.08 Å². The van der Waals surface area contributed by atoms with Crippen LogP contribution < -0.4 is 4.74 Å². The predicted molar refractivity (Wildman–Crippen MR) is 77.4 cm³/mol. The molecular formula is C15H12O5S. The van der Waals surface area contributed by atoms with E-state index >= 15 is 0 Å². The average Bonchev–Trinajstić information content (AvgIpc) is 2.46. The second kappa shape index (κ2) is 6.34. The molecule has 0 unspecified atom stereocenters. The third-order valence-corrected chi connectivity index (χ3v) is 3.44. The van der Waals surface area contributed by atoms with E-state index in [1.54, 1.807) is 18.2 Å². The second-order valence-electron chi connectivity index (χ2n) is 4.09. The summed E-state index contributed by atoms with van der Waals surface area (Å²) in [5.41, 5.74) is 0.803. The van der Waals surface area contributed by atoms with Crippen molar-refractivity contribution in [3.8, 4) is 5.75 Å². The molecule has 0 saturated carbocycles. The van der Waals surface area contributed by atoms with Crippen molar-refractivity contribution in [1.29, 1.82) is 0 Å². The highest BCUT2D eigenvalue weighted by Gasteiger charge is 2.17. The van der Waals surface area contributed by atoms with Gasteiger partial charge in [0.2, 0.25) is 0 Å². The number of hydrogen-bond donors (Lipinski definition) is 1. The second-order valence-corrected chi connectivity index (χ2v) is 5.48. The first-order valence-electron chi connectivity index (χ1n) is 5.98. The molecule has 0 aliphatic rings. The van der Waals surface area contributed by atoms with Crippen molar-refractivity contribution in [2.45, 2.75) is 4.90 Å². The number of benzene rings is 2. The zero-order chi connectivity index (χ0) is 15.3. The van der Waals surface area contributed by atoms with E-state index in [0.29, 0.717) is 0 Å². The normalized spacial score (nSPS) is 11.5. The van der Waals surface area contributed by atoms with Crippen LogP contribution in [0.3, 0.4) is 0 Å². The van der Waals surface area contributed by atoms with Crippen LogP contribution >= 0.6 is 0 Å². The number of esters is 1. The molecule has 21 heavy (non-hydrogen) atoms. The lowest BCUT2D eigenvalue weighted by Gasteiger charge is -2.05. The summed E-state index contributed by atoms with van der Waals surface area (Å²) in [6.45, 7) is 0. The predicted octanol–water partition coefficient (Wildman–Crippen LogP) is 2.55. The van der Waals surface area contributed by atoms with Gasteiger partial charge in [0.25, 0.3) is 10.1 Å². The Morgan fingerprint density at radius 3 is 2.29 bits per heavy atom. The molecule has 5 nitrogen and oxygen atoms in total. The van der Waals surface area contributed by atoms with Crippen LogP contribution in [0.5, 0.6) is 5.75 Å². The van der Waals surface area contributed by atoms with Crippen LogP contribution in [0.2, 0.25) is 0 Å². The standard InChI is InChI=1S/C15H12O5S/c16-15(11-10-12-6-2-1-3-7-12)20-13-8-4-5-9-14(13)21(17,18)19/h1-11H,(H,17,18,19). The molecule has 0 atom stereocenters. The SMILES string of the molecule is O=C(C=Cc1ccccc1)Oc1ccccc1S(=O)(=O)O. The van der Waals surface area contributed by atoms with Crippen molar-refractivity contribution in [2.24, 2.45) is 0 Å². The van der Waals surface area contributed by atoms with E-state index in [1.165, 1.54) is 24.3 Å². The van der Waals surface area contributed by atoms with Crippen LogP contribution in [0.1, 0.15) is 5.56 Å². The average molecular weight is 304 g/mol. The fraction of sp³-hybridized carbons (Fsp3) is 0. The maximum absolute atomic E-state index is 11.7. The number of hydrogen-bond acceptors (Lipinski definition) is 4. The third-order valence-electron chi connectivity index (χ3n) is 2.55. The Kier molecular flexibility index (Phi) is 4.52. The van der Waals surface area contributed by atoms with E-state index in [4.69, 9.17) is 9.29 Å². The molecule has 0 amide bonds. The smallest absolute Gasteiger partial charge is 0.336 e. The Bertz CT molecular complexity index is 764. The van der Waals surface area contributed by atoms with Gasteiger partial charge < -0.3 is 4.74 Å². The molecule has 2 aromatic carbocycles. The van der Waals surface area contributed by atoms with Gasteiger partial charge in [-0.1, -0.05) is 42.5 Å². The molecular weight excluding hydrogens is 292 g/mol. The van der Waals surface area contributed by atoms with Crippen molar-refractivity contribution in [3.05, 3.63) is 66.2 Å². The number of para-hydroxylation sites is 1. The molecule has 0 aromatic heterocycles. The topological polar surface area (TPSA) is 80.7 Å². The lowest BCUT2D eigenvalue weighted by Crippen LogP contribution is -2.08. The van der Waals surface area contributed by atoms with Crippen LogP contribution in [-0.4, -0.2) is 18.9 Å². The van der Waals surface area contributed by atoms with Crippen LogP contribution in [-0.2, 0) is 14.9 Å². The molecule has 108 valence electrons. The summed E-state index contributed by atoms with van der Waals surface area (Å²) in [6.07, 6.45) is 2.72. The van der Waals surface area contributed by atoms with E-state index < -0.39 is 21.0 Å². The molecule has 0 spiro atoms. The summed E-state index contributed by atoms with van der Waals surface area (Å²) < 4.78 is 36.3. The Balaban J connectivity index is 2.16. The summed E-state index contributed by atoms with van der Waals surface area (Å²) in [5, 5.41) is 0. The van der Waals surface area contributed by atoms with E-state index in [-0.39, 0.29) is 5.75 Å². The van der Waals surface area contributed by atoms with Gasteiger partial charge in [0.1, 0.15) is 4.90 Å². The van der Waals surface area contributed by atoms with Gasteiger partial charge in [-0.25, -0.2) is 4.79 Å². The van der Waals surface area contributed by atoms with Gasteiger partial charge >= 0.3 is 5.97 Å². The molecule has 2 rings (SSSR count). The highest BCUT2D eigenvalue weighted by atomic mass is 32.2.